The SMILES string of the molecule is COC(CNC(=O)CSc1ccccc1F)CC(=O)O. The Balaban J connectivity index is 2.33. The summed E-state index contributed by atoms with van der Waals surface area (Å²) in [5.74, 6) is -1.60. The molecule has 0 saturated carbocycles. The number of aliphatic carboxylic acids is 1. The van der Waals surface area contributed by atoms with Gasteiger partial charge in [-0.05, 0) is 12.1 Å². The van der Waals surface area contributed by atoms with Crippen LogP contribution in [0, 0.1) is 5.82 Å². The van der Waals surface area contributed by atoms with Crippen molar-refractivity contribution in [3.8, 4) is 0 Å². The molecule has 0 aliphatic rings. The number of carboxylic acid groups (broad SMARTS) is 1. The van der Waals surface area contributed by atoms with Crippen molar-refractivity contribution in [2.45, 2.75) is 17.4 Å². The minimum absolute atomic E-state index is 0.0600. The average Bonchev–Trinajstić information content (AvgIpc) is 2.42. The Kier molecular flexibility index (Phi) is 7.03. The molecule has 0 spiro atoms. The van der Waals surface area contributed by atoms with Crippen LogP contribution in [0.1, 0.15) is 6.42 Å². The van der Waals surface area contributed by atoms with Crippen LogP contribution in [0.2, 0.25) is 0 Å². The smallest absolute Gasteiger partial charge is 0.306 e. The first-order valence-corrected chi connectivity index (χ1v) is 6.90. The summed E-state index contributed by atoms with van der Waals surface area (Å²) < 4.78 is 18.2. The van der Waals surface area contributed by atoms with E-state index >= 15 is 0 Å². The van der Waals surface area contributed by atoms with Gasteiger partial charge in [0.15, 0.2) is 0 Å². The quantitative estimate of drug-likeness (QED) is 0.712. The second-order valence-electron chi connectivity index (χ2n) is 3.98. The van der Waals surface area contributed by atoms with E-state index < -0.39 is 12.1 Å². The Labute approximate surface area is 120 Å². The van der Waals surface area contributed by atoms with Gasteiger partial charge in [0.2, 0.25) is 5.91 Å². The largest absolute Gasteiger partial charge is 0.481 e. The van der Waals surface area contributed by atoms with Gasteiger partial charge < -0.3 is 15.2 Å². The molecule has 0 aromatic heterocycles. The number of thioether (sulfide) groups is 1. The molecule has 1 unspecified atom stereocenters. The molecule has 7 heteroatoms. The van der Waals surface area contributed by atoms with E-state index in [4.69, 9.17) is 9.84 Å². The number of amides is 1. The topological polar surface area (TPSA) is 75.6 Å². The van der Waals surface area contributed by atoms with Gasteiger partial charge in [-0.25, -0.2) is 4.39 Å². The highest BCUT2D eigenvalue weighted by atomic mass is 32.2. The van der Waals surface area contributed by atoms with E-state index in [0.29, 0.717) is 4.90 Å². The lowest BCUT2D eigenvalue weighted by molar-refractivity contribution is -0.140. The number of hydrogen-bond acceptors (Lipinski definition) is 4. The van der Waals surface area contributed by atoms with Crippen LogP contribution in [0.25, 0.3) is 0 Å². The van der Waals surface area contributed by atoms with Crippen molar-refractivity contribution >= 4 is 23.6 Å². The predicted octanol–water partition coefficient (Wildman–Crippen LogP) is 1.52. The van der Waals surface area contributed by atoms with Crippen molar-refractivity contribution < 1.29 is 23.8 Å². The maximum Gasteiger partial charge on any atom is 0.306 e. The molecule has 0 aliphatic heterocycles. The van der Waals surface area contributed by atoms with Crippen molar-refractivity contribution in [3.05, 3.63) is 30.1 Å². The molecule has 1 aromatic rings. The lowest BCUT2D eigenvalue weighted by Gasteiger charge is -2.13. The van der Waals surface area contributed by atoms with Gasteiger partial charge in [-0.2, -0.15) is 0 Å². The van der Waals surface area contributed by atoms with Crippen LogP contribution in [-0.4, -0.2) is 42.5 Å². The molecule has 1 aromatic carbocycles. The van der Waals surface area contributed by atoms with Gasteiger partial charge in [0, 0.05) is 18.6 Å². The number of nitrogens with one attached hydrogen (secondary N) is 1. The van der Waals surface area contributed by atoms with Crippen LogP contribution in [0.3, 0.4) is 0 Å². The van der Waals surface area contributed by atoms with E-state index in [2.05, 4.69) is 5.32 Å². The molecular weight excluding hydrogens is 285 g/mol. The van der Waals surface area contributed by atoms with Gasteiger partial charge in [0.25, 0.3) is 0 Å². The van der Waals surface area contributed by atoms with Crippen LogP contribution >= 0.6 is 11.8 Å². The fraction of sp³-hybridized carbons (Fsp3) is 0.385. The molecule has 0 radical (unpaired) electrons. The molecule has 1 atom stereocenters. The van der Waals surface area contributed by atoms with Crippen LogP contribution in [-0.2, 0) is 14.3 Å². The Morgan fingerprint density at radius 3 is 2.75 bits per heavy atom. The highest BCUT2D eigenvalue weighted by molar-refractivity contribution is 8.00. The molecule has 0 saturated heterocycles. The number of carbonyl (C=O) groups is 2. The number of carbonyl (C=O) groups excluding carboxylic acids is 1. The van der Waals surface area contributed by atoms with E-state index in [9.17, 15) is 14.0 Å². The second-order valence-corrected chi connectivity index (χ2v) is 5.00. The van der Waals surface area contributed by atoms with Crippen molar-refractivity contribution in [1.29, 1.82) is 0 Å². The van der Waals surface area contributed by atoms with Gasteiger partial charge in [0.1, 0.15) is 5.82 Å². The van der Waals surface area contributed by atoms with Gasteiger partial charge in [-0.3, -0.25) is 9.59 Å². The first kappa shape index (κ1) is 16.5. The maximum atomic E-state index is 13.3. The highest BCUT2D eigenvalue weighted by Crippen LogP contribution is 2.20. The van der Waals surface area contributed by atoms with E-state index in [0.717, 1.165) is 11.8 Å². The number of carboxylic acids is 1. The Morgan fingerprint density at radius 2 is 2.15 bits per heavy atom. The third-order valence-electron chi connectivity index (χ3n) is 2.46. The van der Waals surface area contributed by atoms with E-state index in [1.807, 2.05) is 0 Å². The molecule has 1 rings (SSSR count). The molecule has 20 heavy (non-hydrogen) atoms. The Morgan fingerprint density at radius 1 is 1.45 bits per heavy atom. The molecule has 0 aliphatic carbocycles. The molecule has 5 nitrogen and oxygen atoms in total. The minimum atomic E-state index is -0.994. The van der Waals surface area contributed by atoms with Gasteiger partial charge >= 0.3 is 5.97 Å². The summed E-state index contributed by atoms with van der Waals surface area (Å²) in [6, 6.07) is 6.19. The fourth-order valence-corrected chi connectivity index (χ4v) is 2.19. The first-order valence-electron chi connectivity index (χ1n) is 5.91. The van der Waals surface area contributed by atoms with Crippen molar-refractivity contribution in [2.24, 2.45) is 0 Å². The lowest BCUT2D eigenvalue weighted by Crippen LogP contribution is -2.35. The zero-order valence-electron chi connectivity index (χ0n) is 11.0. The molecular formula is C13H16FNO4S. The summed E-state index contributed by atoms with van der Waals surface area (Å²) >= 11 is 1.08. The summed E-state index contributed by atoms with van der Waals surface area (Å²) in [5, 5.41) is 11.2. The number of ether oxygens (including phenoxy) is 1. The van der Waals surface area contributed by atoms with Gasteiger partial charge in [-0.1, -0.05) is 12.1 Å². The van der Waals surface area contributed by atoms with Crippen molar-refractivity contribution in [1.82, 2.24) is 5.32 Å². The molecule has 0 fully saturated rings. The van der Waals surface area contributed by atoms with Crippen LogP contribution < -0.4 is 5.32 Å². The number of methoxy groups -OCH3 is 1. The van der Waals surface area contributed by atoms with E-state index in [1.165, 1.54) is 13.2 Å². The predicted molar refractivity (Wildman–Crippen MR) is 73.2 cm³/mol. The van der Waals surface area contributed by atoms with Crippen LogP contribution in [0.4, 0.5) is 4.39 Å². The number of halogens is 1. The molecule has 1 amide bonds. The van der Waals surface area contributed by atoms with E-state index in [1.54, 1.807) is 18.2 Å². The standard InChI is InChI=1S/C13H16FNO4S/c1-19-9(6-13(17)18)7-15-12(16)8-20-11-5-3-2-4-10(11)14/h2-5,9H,6-8H2,1H3,(H,15,16)(H,17,18). The molecule has 0 heterocycles. The highest BCUT2D eigenvalue weighted by Gasteiger charge is 2.13. The van der Waals surface area contributed by atoms with Crippen LogP contribution in [0.15, 0.2) is 29.2 Å². The molecule has 2 N–H and O–H groups in total. The second kappa shape index (κ2) is 8.55. The summed E-state index contributed by atoms with van der Waals surface area (Å²) in [6.45, 7) is 0.111. The minimum Gasteiger partial charge on any atom is -0.481 e. The first-order chi connectivity index (χ1) is 9.52. The van der Waals surface area contributed by atoms with E-state index in [-0.39, 0.29) is 30.4 Å². The average molecular weight is 301 g/mol. The third kappa shape index (κ3) is 6.03. The summed E-state index contributed by atoms with van der Waals surface area (Å²) in [7, 11) is 1.38. The molecule has 0 bridgehead atoms. The third-order valence-corrected chi connectivity index (χ3v) is 3.51. The van der Waals surface area contributed by atoms with Gasteiger partial charge in [0.05, 0.1) is 18.3 Å². The summed E-state index contributed by atoms with van der Waals surface area (Å²) in [5.41, 5.74) is 0. The normalized spacial score (nSPS) is 11.9. The monoisotopic (exact) mass is 301 g/mol. The Bertz CT molecular complexity index is 469. The maximum absolute atomic E-state index is 13.3. The summed E-state index contributed by atoms with van der Waals surface area (Å²) in [6.07, 6.45) is -0.757. The zero-order valence-corrected chi connectivity index (χ0v) is 11.8. The van der Waals surface area contributed by atoms with Crippen molar-refractivity contribution in [3.63, 3.8) is 0 Å². The zero-order chi connectivity index (χ0) is 15.0. The summed E-state index contributed by atoms with van der Waals surface area (Å²) in [4.78, 5) is 22.5. The van der Waals surface area contributed by atoms with Gasteiger partial charge in [-0.15, -0.1) is 11.8 Å². The number of hydrogen-bond donors (Lipinski definition) is 2. The number of rotatable bonds is 8. The fourth-order valence-electron chi connectivity index (χ4n) is 1.42. The lowest BCUT2D eigenvalue weighted by atomic mass is 10.2. The Hall–Kier alpha value is -1.60. The van der Waals surface area contributed by atoms with Crippen molar-refractivity contribution in [2.75, 3.05) is 19.4 Å². The van der Waals surface area contributed by atoms with Crippen LogP contribution in [0.5, 0.6) is 0 Å². The molecule has 110 valence electrons. The number of benzene rings is 1.